The Hall–Kier alpha value is -4.24. The number of fused-ring (bicyclic) bond motifs is 6. The van der Waals surface area contributed by atoms with Crippen molar-refractivity contribution in [2.24, 2.45) is 0 Å². The largest absolute Gasteiger partial charge is 0.117 e. The summed E-state index contributed by atoms with van der Waals surface area (Å²) in [4.78, 5) is 2.83. The summed E-state index contributed by atoms with van der Waals surface area (Å²) in [5.74, 6) is 0.899. The zero-order valence-electron chi connectivity index (χ0n) is 24.0. The molecule has 6 aromatic rings. The number of allylic oxidation sites excluding steroid dienone is 2. The van der Waals surface area contributed by atoms with Gasteiger partial charge in [0.2, 0.25) is 0 Å². The smallest absolute Gasteiger partial charge is 0.0454 e. The maximum absolute atomic E-state index is 2.55. The summed E-state index contributed by atoms with van der Waals surface area (Å²) in [6, 6.07) is 49.5. The first-order valence-corrected chi connectivity index (χ1v) is 17.2. The Morgan fingerprint density at radius 3 is 1.07 bits per heavy atom. The van der Waals surface area contributed by atoms with E-state index in [0.717, 1.165) is 0 Å². The Labute approximate surface area is 266 Å². The molecule has 4 aliphatic rings. The average molecular weight is 597 g/mol. The minimum atomic E-state index is 0.449. The number of hydrogen-bond donors (Lipinski definition) is 0. The van der Waals surface area contributed by atoms with Crippen LogP contribution in [0.4, 0.5) is 0 Å². The van der Waals surface area contributed by atoms with Gasteiger partial charge in [-0.05, 0) is 66.4 Å². The van der Waals surface area contributed by atoms with E-state index in [2.05, 4.69) is 169 Å². The Kier molecular flexibility index (Phi) is 5.50. The van der Waals surface area contributed by atoms with Crippen molar-refractivity contribution in [3.8, 4) is 22.3 Å². The lowest BCUT2D eigenvalue weighted by Gasteiger charge is -2.14. The lowest BCUT2D eigenvalue weighted by molar-refractivity contribution is 0.864. The Balaban J connectivity index is 0.964. The quantitative estimate of drug-likeness (QED) is 0.199. The molecule has 2 heteroatoms. The minimum absolute atomic E-state index is 0.449. The van der Waals surface area contributed by atoms with Gasteiger partial charge in [-0.15, -0.1) is 23.5 Å². The molecule has 4 atom stereocenters. The van der Waals surface area contributed by atoms with Gasteiger partial charge in [0.05, 0.1) is 0 Å². The second-order valence-electron chi connectivity index (χ2n) is 12.3. The van der Waals surface area contributed by atoms with E-state index < -0.39 is 0 Å². The fraction of sp³-hybridized carbons (Fsp3) is 0.0952. The summed E-state index contributed by atoms with van der Waals surface area (Å²) >= 11 is 4.12. The van der Waals surface area contributed by atoms with E-state index in [-0.39, 0.29) is 0 Å². The van der Waals surface area contributed by atoms with E-state index in [1.807, 2.05) is 0 Å². The molecule has 10 rings (SSSR count). The van der Waals surface area contributed by atoms with Crippen LogP contribution in [0.1, 0.15) is 55.7 Å². The summed E-state index contributed by atoms with van der Waals surface area (Å²) in [6.07, 6.45) is 5.09. The highest BCUT2D eigenvalue weighted by Gasteiger charge is 2.44. The van der Waals surface area contributed by atoms with Crippen LogP contribution in [0.5, 0.6) is 0 Å². The summed E-state index contributed by atoms with van der Waals surface area (Å²) in [6.45, 7) is 0. The molecule has 2 aliphatic heterocycles. The van der Waals surface area contributed by atoms with Gasteiger partial charge in [0.1, 0.15) is 0 Å². The van der Waals surface area contributed by atoms with Crippen LogP contribution in [0.15, 0.2) is 146 Å². The molecular weight excluding hydrogens is 569 g/mol. The highest BCUT2D eigenvalue weighted by atomic mass is 32.2. The summed E-state index contributed by atoms with van der Waals surface area (Å²) < 4.78 is 0. The van der Waals surface area contributed by atoms with Gasteiger partial charge in [-0.25, -0.2) is 0 Å². The van der Waals surface area contributed by atoms with E-state index in [0.29, 0.717) is 22.3 Å². The second kappa shape index (κ2) is 9.63. The molecule has 0 amide bonds. The van der Waals surface area contributed by atoms with E-state index in [1.165, 1.54) is 65.4 Å². The van der Waals surface area contributed by atoms with Crippen LogP contribution in [0.25, 0.3) is 42.8 Å². The number of rotatable bonds is 4. The standard InChI is InChI=1S/C42H28S2/c1-3-7-25(8-4-1)27-11-15-29(16-12-27)37-23-35-31-19-20-32-36-24-38(30-17-13-28(14-18-30)26-9-5-2-6-10-26)44-42(36)34-22-21-33(41(35)43-37)39(31)40(32)34/h1-24,35-36,41-42H. The minimum Gasteiger partial charge on any atom is -0.117 e. The molecule has 0 saturated carbocycles. The molecule has 208 valence electrons. The molecule has 0 nitrogen and oxygen atoms in total. The van der Waals surface area contributed by atoms with Crippen LogP contribution < -0.4 is 0 Å². The van der Waals surface area contributed by atoms with Crippen molar-refractivity contribution in [1.82, 2.24) is 0 Å². The van der Waals surface area contributed by atoms with E-state index >= 15 is 0 Å². The Morgan fingerprint density at radius 2 is 0.659 bits per heavy atom. The predicted molar refractivity (Wildman–Crippen MR) is 190 cm³/mol. The highest BCUT2D eigenvalue weighted by molar-refractivity contribution is 8.09. The molecule has 0 N–H and O–H groups in total. The summed E-state index contributed by atoms with van der Waals surface area (Å²) in [5, 5.41) is 4.05. The molecule has 44 heavy (non-hydrogen) atoms. The average Bonchev–Trinajstić information content (AvgIpc) is 3.85. The molecule has 0 saturated heterocycles. The van der Waals surface area contributed by atoms with Crippen molar-refractivity contribution in [1.29, 1.82) is 0 Å². The first-order chi connectivity index (χ1) is 21.8. The number of benzene rings is 6. The highest BCUT2D eigenvalue weighted by Crippen LogP contribution is 2.67. The van der Waals surface area contributed by atoms with Gasteiger partial charge in [0, 0.05) is 32.1 Å². The second-order valence-corrected chi connectivity index (χ2v) is 14.7. The number of thioether (sulfide) groups is 2. The van der Waals surface area contributed by atoms with Crippen molar-refractivity contribution < 1.29 is 0 Å². The first kappa shape index (κ1) is 25.1. The third-order valence-electron chi connectivity index (χ3n) is 10.00. The van der Waals surface area contributed by atoms with Crippen molar-refractivity contribution in [3.63, 3.8) is 0 Å². The molecule has 4 unspecified atom stereocenters. The molecule has 0 spiro atoms. The normalized spacial score (nSPS) is 22.2. The van der Waals surface area contributed by atoms with Crippen molar-refractivity contribution >= 4 is 44.1 Å². The monoisotopic (exact) mass is 596 g/mol. The molecule has 0 radical (unpaired) electrons. The van der Waals surface area contributed by atoms with Gasteiger partial charge >= 0.3 is 0 Å². The predicted octanol–water partition coefficient (Wildman–Crippen LogP) is 12.0. The molecule has 0 aromatic heterocycles. The van der Waals surface area contributed by atoms with Crippen LogP contribution in [0.3, 0.4) is 0 Å². The van der Waals surface area contributed by atoms with Gasteiger partial charge < -0.3 is 0 Å². The van der Waals surface area contributed by atoms with Crippen LogP contribution in [-0.4, -0.2) is 0 Å². The Bertz CT molecular complexity index is 2000. The zero-order chi connectivity index (χ0) is 28.8. The first-order valence-electron chi connectivity index (χ1n) is 15.5. The van der Waals surface area contributed by atoms with E-state index in [1.54, 1.807) is 10.8 Å². The van der Waals surface area contributed by atoms with Crippen LogP contribution >= 0.6 is 23.5 Å². The van der Waals surface area contributed by atoms with Crippen molar-refractivity contribution in [2.75, 3.05) is 0 Å². The van der Waals surface area contributed by atoms with Gasteiger partial charge in [-0.2, -0.15) is 0 Å². The van der Waals surface area contributed by atoms with Gasteiger partial charge in [-0.3, -0.25) is 0 Å². The fourth-order valence-electron chi connectivity index (χ4n) is 7.90. The molecule has 2 aliphatic carbocycles. The molecule has 2 heterocycles. The van der Waals surface area contributed by atoms with Crippen molar-refractivity contribution in [3.05, 3.63) is 179 Å². The zero-order valence-corrected chi connectivity index (χ0v) is 25.6. The lowest BCUT2D eigenvalue weighted by atomic mass is 9.94. The summed E-state index contributed by atoms with van der Waals surface area (Å²) in [7, 11) is 0. The maximum Gasteiger partial charge on any atom is 0.0454 e. The SMILES string of the molecule is C1=C(c2ccc(-c3ccccc3)cc2)SC2c3ccc4c5c(ccc(c35)C12)C1C=C(c2ccc(-c3ccccc3)cc2)SC41. The van der Waals surface area contributed by atoms with Gasteiger partial charge in [-0.1, -0.05) is 146 Å². The Morgan fingerprint density at radius 1 is 0.318 bits per heavy atom. The topological polar surface area (TPSA) is 0 Å². The third kappa shape index (κ3) is 3.68. The van der Waals surface area contributed by atoms with Gasteiger partial charge in [0.15, 0.2) is 0 Å². The fourth-order valence-corrected chi connectivity index (χ4v) is 10.8. The van der Waals surface area contributed by atoms with Crippen LogP contribution in [-0.2, 0) is 0 Å². The molecule has 0 fully saturated rings. The van der Waals surface area contributed by atoms with Crippen molar-refractivity contribution in [2.45, 2.75) is 22.3 Å². The van der Waals surface area contributed by atoms with Gasteiger partial charge in [0.25, 0.3) is 0 Å². The lowest BCUT2D eigenvalue weighted by Crippen LogP contribution is -1.95. The molecular formula is C42H28S2. The van der Waals surface area contributed by atoms with E-state index in [9.17, 15) is 0 Å². The molecule has 6 aromatic carbocycles. The van der Waals surface area contributed by atoms with Crippen LogP contribution in [0.2, 0.25) is 0 Å². The maximum atomic E-state index is 2.55. The molecule has 0 bridgehead atoms. The van der Waals surface area contributed by atoms with Crippen LogP contribution in [0, 0.1) is 0 Å². The summed E-state index contributed by atoms with van der Waals surface area (Å²) in [5.41, 5.74) is 13.9. The van der Waals surface area contributed by atoms with E-state index in [4.69, 9.17) is 0 Å². The number of hydrogen-bond acceptors (Lipinski definition) is 2. The third-order valence-corrected chi connectivity index (χ3v) is 12.8.